The summed E-state index contributed by atoms with van der Waals surface area (Å²) in [6.45, 7) is 0. The molecule has 0 aliphatic carbocycles. The molecule has 0 aliphatic heterocycles. The highest BCUT2D eigenvalue weighted by Crippen LogP contribution is 2.13. The molecule has 8 heteroatoms. The molecule has 2 rings (SSSR count). The van der Waals surface area contributed by atoms with Gasteiger partial charge >= 0.3 is 11.9 Å². The molecular formula is C12H8N2O4S2. The number of hydrogen-bond acceptors (Lipinski definition) is 5. The molecule has 0 fully saturated rings. The van der Waals surface area contributed by atoms with Crippen LogP contribution < -0.4 is 0 Å². The van der Waals surface area contributed by atoms with E-state index >= 15 is 0 Å². The van der Waals surface area contributed by atoms with Gasteiger partial charge in [0.25, 0.3) is 0 Å². The van der Waals surface area contributed by atoms with Crippen LogP contribution in [0, 0.1) is 0 Å². The van der Waals surface area contributed by atoms with E-state index in [4.69, 9.17) is 21.4 Å². The maximum Gasteiger partial charge on any atom is 0.337 e. The Labute approximate surface area is 120 Å². The molecule has 6 nitrogen and oxygen atoms in total. The van der Waals surface area contributed by atoms with Crippen LogP contribution in [0.15, 0.2) is 46.7 Å². The highest BCUT2D eigenvalue weighted by atomic mass is 32.8. The van der Waals surface area contributed by atoms with Crippen LogP contribution in [0.1, 0.15) is 20.7 Å². The van der Waals surface area contributed by atoms with Gasteiger partial charge in [-0.05, 0) is 44.9 Å². The molecule has 0 unspecified atom stereocenters. The predicted octanol–water partition coefficient (Wildman–Crippen LogP) is 1.37. The third-order valence-corrected chi connectivity index (χ3v) is 4.61. The van der Waals surface area contributed by atoms with Crippen LogP contribution in [-0.4, -0.2) is 32.1 Å². The zero-order chi connectivity index (χ0) is 14.7. The lowest BCUT2D eigenvalue weighted by Crippen LogP contribution is -2.03. The number of carbonyl (C=O) groups is 2. The highest BCUT2D eigenvalue weighted by molar-refractivity contribution is 8.28. The van der Waals surface area contributed by atoms with Crippen molar-refractivity contribution in [1.29, 1.82) is 0 Å². The van der Waals surface area contributed by atoms with E-state index in [2.05, 4.69) is 9.97 Å². The van der Waals surface area contributed by atoms with Gasteiger partial charge in [-0.25, -0.2) is 19.6 Å². The van der Waals surface area contributed by atoms with E-state index in [0.717, 1.165) is 0 Å². The molecule has 0 saturated heterocycles. The molecule has 0 aliphatic rings. The second-order valence-electron chi connectivity index (χ2n) is 3.65. The summed E-state index contributed by atoms with van der Waals surface area (Å²) in [4.78, 5) is 29.5. The zero-order valence-electron chi connectivity index (χ0n) is 9.89. The van der Waals surface area contributed by atoms with E-state index < -0.39 is 21.4 Å². The number of rotatable bonds is 4. The van der Waals surface area contributed by atoms with Crippen molar-refractivity contribution in [2.24, 2.45) is 0 Å². The molecule has 2 aromatic heterocycles. The summed E-state index contributed by atoms with van der Waals surface area (Å²) in [6, 6.07) is 5.91. The first-order chi connectivity index (χ1) is 9.49. The number of carboxylic acids is 2. The summed E-state index contributed by atoms with van der Waals surface area (Å²) in [5, 5.41) is 18.6. The van der Waals surface area contributed by atoms with Crippen LogP contribution in [0.2, 0.25) is 0 Å². The summed E-state index contributed by atoms with van der Waals surface area (Å²) in [6.07, 6.45) is 2.46. The Balaban J connectivity index is 2.26. The second-order valence-corrected chi connectivity index (χ2v) is 6.02. The van der Waals surface area contributed by atoms with Gasteiger partial charge in [0.05, 0.1) is 11.1 Å². The van der Waals surface area contributed by atoms with E-state index in [9.17, 15) is 9.59 Å². The van der Waals surface area contributed by atoms with E-state index in [-0.39, 0.29) is 11.1 Å². The van der Waals surface area contributed by atoms with Crippen LogP contribution in [0.5, 0.6) is 0 Å². The van der Waals surface area contributed by atoms with Crippen molar-refractivity contribution < 1.29 is 19.8 Å². The van der Waals surface area contributed by atoms with Gasteiger partial charge in [0, 0.05) is 12.4 Å². The Bertz CT molecular complexity index is 624. The number of nitrogens with zero attached hydrogens (tertiary/aromatic N) is 2. The average Bonchev–Trinajstić information content (AvgIpc) is 2.46. The lowest BCUT2D eigenvalue weighted by molar-refractivity contribution is 0.0685. The standard InChI is InChI=1S/C12H8N2O4S2/c15-11(16)7-1-3-9(13-5-7)20(19)10-4-2-8(6-14-10)12(17)18/h1-6H,(H,15,16)(H,17,18). The molecule has 0 bridgehead atoms. The van der Waals surface area contributed by atoms with Crippen molar-refractivity contribution in [3.8, 4) is 0 Å². The normalized spacial score (nSPS) is 10.4. The summed E-state index contributed by atoms with van der Waals surface area (Å²) in [5.41, 5.74) is 0.157. The lowest BCUT2D eigenvalue weighted by Gasteiger charge is -2.04. The minimum atomic E-state index is -1.06. The quantitative estimate of drug-likeness (QED) is 0.879. The maximum absolute atomic E-state index is 10.7. The smallest absolute Gasteiger partial charge is 0.337 e. The van der Waals surface area contributed by atoms with E-state index in [1.165, 1.54) is 36.7 Å². The minimum Gasteiger partial charge on any atom is -0.478 e. The molecule has 2 aromatic rings. The Morgan fingerprint density at radius 3 is 1.55 bits per heavy atom. The topological polar surface area (TPSA) is 100 Å². The Morgan fingerprint density at radius 1 is 0.900 bits per heavy atom. The van der Waals surface area contributed by atoms with Crippen LogP contribution in [-0.2, 0) is 20.6 Å². The third-order valence-electron chi connectivity index (χ3n) is 2.35. The molecule has 102 valence electrons. The van der Waals surface area contributed by atoms with E-state index in [1.54, 1.807) is 0 Å². The molecule has 0 radical (unpaired) electrons. The predicted molar refractivity (Wildman–Crippen MR) is 73.7 cm³/mol. The largest absolute Gasteiger partial charge is 0.478 e. The van der Waals surface area contributed by atoms with Crippen LogP contribution in [0.4, 0.5) is 0 Å². The molecule has 2 N–H and O–H groups in total. The van der Waals surface area contributed by atoms with Gasteiger partial charge in [-0.3, -0.25) is 0 Å². The summed E-state index contributed by atoms with van der Waals surface area (Å²) in [7, 11) is -0.865. The molecule has 0 spiro atoms. The fourth-order valence-corrected chi connectivity index (χ4v) is 2.83. The average molecular weight is 308 g/mol. The van der Waals surface area contributed by atoms with Crippen molar-refractivity contribution >= 4 is 32.6 Å². The number of hydrogen-bond donors (Lipinski definition) is 2. The summed E-state index contributed by atoms with van der Waals surface area (Å²) < 4.78 is 0. The first-order valence-corrected chi connectivity index (χ1v) is 7.44. The van der Waals surface area contributed by atoms with Crippen LogP contribution in [0.25, 0.3) is 0 Å². The fourth-order valence-electron chi connectivity index (χ4n) is 1.34. The van der Waals surface area contributed by atoms with Gasteiger partial charge in [-0.2, -0.15) is 0 Å². The summed E-state index contributed by atoms with van der Waals surface area (Å²) >= 11 is 5.30. The molecule has 0 amide bonds. The molecule has 0 aromatic carbocycles. The molecule has 0 saturated carbocycles. The van der Waals surface area contributed by atoms with E-state index in [0.29, 0.717) is 10.1 Å². The van der Waals surface area contributed by atoms with Crippen molar-refractivity contribution in [2.75, 3.05) is 0 Å². The van der Waals surface area contributed by atoms with Crippen molar-refractivity contribution in [2.45, 2.75) is 10.1 Å². The van der Waals surface area contributed by atoms with Gasteiger partial charge in [0.15, 0.2) is 0 Å². The second kappa shape index (κ2) is 5.85. The van der Waals surface area contributed by atoms with Crippen LogP contribution >= 0.6 is 0 Å². The number of aromatic carboxylic acids is 2. The number of carboxylic acid groups (broad SMARTS) is 2. The zero-order valence-corrected chi connectivity index (χ0v) is 11.5. The van der Waals surface area contributed by atoms with Crippen LogP contribution in [0.3, 0.4) is 0 Å². The monoisotopic (exact) mass is 308 g/mol. The van der Waals surface area contributed by atoms with Gasteiger partial charge in [-0.15, -0.1) is 0 Å². The van der Waals surface area contributed by atoms with Gasteiger partial charge in [0.2, 0.25) is 0 Å². The lowest BCUT2D eigenvalue weighted by atomic mass is 10.3. The highest BCUT2D eigenvalue weighted by Gasteiger charge is 2.10. The molecule has 0 atom stereocenters. The Hall–Kier alpha value is -2.19. The number of pyridine rings is 2. The first-order valence-electron chi connectivity index (χ1n) is 5.29. The number of aromatic nitrogens is 2. The molecule has 2 heterocycles. The van der Waals surface area contributed by atoms with Gasteiger partial charge in [-0.1, -0.05) is 0 Å². The maximum atomic E-state index is 10.7. The Morgan fingerprint density at radius 2 is 1.30 bits per heavy atom. The molecule has 20 heavy (non-hydrogen) atoms. The van der Waals surface area contributed by atoms with Gasteiger partial charge < -0.3 is 10.2 Å². The van der Waals surface area contributed by atoms with E-state index in [1.807, 2.05) is 0 Å². The third kappa shape index (κ3) is 3.03. The Kier molecular flexibility index (Phi) is 4.16. The van der Waals surface area contributed by atoms with Gasteiger partial charge in [0.1, 0.15) is 10.1 Å². The van der Waals surface area contributed by atoms with Crippen molar-refractivity contribution in [3.05, 3.63) is 47.8 Å². The minimum absolute atomic E-state index is 0.0786. The fraction of sp³-hybridized carbons (Fsp3) is 0. The SMILES string of the molecule is O=C(O)c1ccc(S(=S)c2ccc(C(=O)O)cn2)nc1. The molecular weight excluding hydrogens is 300 g/mol. The summed E-state index contributed by atoms with van der Waals surface area (Å²) in [5.74, 6) is -2.12. The van der Waals surface area contributed by atoms with Crippen molar-refractivity contribution in [3.63, 3.8) is 0 Å². The van der Waals surface area contributed by atoms with Crippen molar-refractivity contribution in [1.82, 2.24) is 9.97 Å². The first kappa shape index (κ1) is 14.2.